The minimum absolute atomic E-state index is 0.0437. The highest BCUT2D eigenvalue weighted by molar-refractivity contribution is 7.09. The van der Waals surface area contributed by atoms with Crippen LogP contribution < -0.4 is 10.1 Å². The lowest BCUT2D eigenvalue weighted by Gasteiger charge is -2.30. The largest absolute Gasteiger partial charge is 0.490 e. The maximum Gasteiger partial charge on any atom is 0.227 e. The van der Waals surface area contributed by atoms with Crippen LogP contribution in [0.5, 0.6) is 5.75 Å². The van der Waals surface area contributed by atoms with Gasteiger partial charge in [0.15, 0.2) is 0 Å². The molecule has 2 heterocycles. The first-order valence-electron chi connectivity index (χ1n) is 11.0. The molecule has 1 saturated heterocycles. The molecule has 2 aromatic rings. The summed E-state index contributed by atoms with van der Waals surface area (Å²) in [4.78, 5) is 22.1. The highest BCUT2D eigenvalue weighted by Gasteiger charge is 2.26. The molecule has 3 rings (SSSR count). The van der Waals surface area contributed by atoms with Crippen molar-refractivity contribution < 1.29 is 9.53 Å². The molecule has 1 aromatic carbocycles. The van der Waals surface area contributed by atoms with Crippen molar-refractivity contribution in [3.63, 3.8) is 0 Å². The van der Waals surface area contributed by atoms with Crippen LogP contribution >= 0.6 is 11.3 Å². The Hall–Kier alpha value is -1.96. The number of aromatic nitrogens is 1. The predicted octanol–water partition coefficient (Wildman–Crippen LogP) is 4.02. The third-order valence-electron chi connectivity index (χ3n) is 5.71. The number of likely N-dealkylation sites (tertiary alicyclic amines) is 1. The summed E-state index contributed by atoms with van der Waals surface area (Å²) in [5.41, 5.74) is 1.90. The number of nitrogens with one attached hydrogen (secondary N) is 1. The number of amides is 1. The van der Waals surface area contributed by atoms with Gasteiger partial charge < -0.3 is 15.0 Å². The Morgan fingerprint density at radius 1 is 1.27 bits per heavy atom. The Bertz CT molecular complexity index is 798. The number of ether oxygens (including phenoxy) is 1. The first-order chi connectivity index (χ1) is 14.6. The van der Waals surface area contributed by atoms with Crippen molar-refractivity contribution in [2.75, 3.05) is 44.6 Å². The minimum atomic E-state index is 0.0437. The maximum absolute atomic E-state index is 12.9. The van der Waals surface area contributed by atoms with Crippen molar-refractivity contribution in [2.45, 2.75) is 40.2 Å². The van der Waals surface area contributed by atoms with Gasteiger partial charge in [0.25, 0.3) is 0 Å². The SMILES string of the molecule is CCN(CC)CCOc1ccccc1NC(=O)C1CCN(Cc2csc(C)n2)CC1. The Kier molecular flexibility index (Phi) is 8.66. The van der Waals surface area contributed by atoms with E-state index in [1.54, 1.807) is 11.3 Å². The van der Waals surface area contributed by atoms with E-state index in [0.29, 0.717) is 6.61 Å². The minimum Gasteiger partial charge on any atom is -0.490 e. The molecule has 0 spiro atoms. The summed E-state index contributed by atoms with van der Waals surface area (Å²) < 4.78 is 5.97. The second-order valence-corrected chi connectivity index (χ2v) is 8.83. The second kappa shape index (κ2) is 11.4. The van der Waals surface area contributed by atoms with Gasteiger partial charge in [0, 0.05) is 24.4 Å². The first kappa shape index (κ1) is 22.7. The fourth-order valence-electron chi connectivity index (χ4n) is 3.82. The zero-order valence-corrected chi connectivity index (χ0v) is 19.2. The number of hydrogen-bond acceptors (Lipinski definition) is 6. The number of piperidine rings is 1. The quantitative estimate of drug-likeness (QED) is 0.617. The van der Waals surface area contributed by atoms with E-state index in [-0.39, 0.29) is 11.8 Å². The average molecular weight is 431 g/mol. The summed E-state index contributed by atoms with van der Waals surface area (Å²) in [5, 5.41) is 6.35. The fraction of sp³-hybridized carbons (Fsp3) is 0.565. The van der Waals surface area contributed by atoms with Crippen molar-refractivity contribution in [1.82, 2.24) is 14.8 Å². The standard InChI is InChI=1S/C23H34N4O2S/c1-4-26(5-2)14-15-29-22-9-7-6-8-21(22)25-23(28)19-10-12-27(13-11-19)16-20-17-30-18(3)24-20/h6-9,17,19H,4-5,10-16H2,1-3H3,(H,25,28). The molecule has 0 bridgehead atoms. The smallest absolute Gasteiger partial charge is 0.227 e. The van der Waals surface area contributed by atoms with Crippen LogP contribution in [0.25, 0.3) is 0 Å². The van der Waals surface area contributed by atoms with Gasteiger partial charge in [-0.3, -0.25) is 9.69 Å². The van der Waals surface area contributed by atoms with Crippen molar-refractivity contribution >= 4 is 22.9 Å². The Morgan fingerprint density at radius 2 is 2.00 bits per heavy atom. The summed E-state index contributed by atoms with van der Waals surface area (Å²) in [7, 11) is 0. The van der Waals surface area contributed by atoms with Gasteiger partial charge in [-0.15, -0.1) is 11.3 Å². The molecule has 1 fully saturated rings. The highest BCUT2D eigenvalue weighted by Crippen LogP contribution is 2.26. The van der Waals surface area contributed by atoms with Crippen LogP contribution in [0, 0.1) is 12.8 Å². The number of para-hydroxylation sites is 2. The third-order valence-corrected chi connectivity index (χ3v) is 6.54. The average Bonchev–Trinajstić information content (AvgIpc) is 3.17. The van der Waals surface area contributed by atoms with Crippen molar-refractivity contribution in [2.24, 2.45) is 5.92 Å². The lowest BCUT2D eigenvalue weighted by molar-refractivity contribution is -0.121. The lowest BCUT2D eigenvalue weighted by Crippen LogP contribution is -2.37. The molecule has 164 valence electrons. The molecule has 30 heavy (non-hydrogen) atoms. The van der Waals surface area contributed by atoms with E-state index < -0.39 is 0 Å². The molecule has 1 aliphatic rings. The molecule has 6 nitrogen and oxygen atoms in total. The molecule has 1 N–H and O–H groups in total. The normalized spacial score (nSPS) is 15.5. The van der Waals surface area contributed by atoms with E-state index in [2.05, 4.69) is 39.3 Å². The van der Waals surface area contributed by atoms with E-state index in [9.17, 15) is 4.79 Å². The predicted molar refractivity (Wildman–Crippen MR) is 123 cm³/mol. The molecule has 1 amide bonds. The molecular weight excluding hydrogens is 396 g/mol. The Balaban J connectivity index is 1.48. The van der Waals surface area contributed by atoms with Crippen LogP contribution in [0.3, 0.4) is 0 Å². The monoisotopic (exact) mass is 430 g/mol. The van der Waals surface area contributed by atoms with E-state index in [4.69, 9.17) is 4.74 Å². The lowest BCUT2D eigenvalue weighted by atomic mass is 9.95. The van der Waals surface area contributed by atoms with Crippen molar-refractivity contribution in [3.8, 4) is 5.75 Å². The summed E-state index contributed by atoms with van der Waals surface area (Å²) in [6.45, 7) is 12.6. The number of likely N-dealkylation sites (N-methyl/N-ethyl adjacent to an activating group) is 1. The molecular formula is C23H34N4O2S. The fourth-order valence-corrected chi connectivity index (χ4v) is 4.42. The van der Waals surface area contributed by atoms with Gasteiger partial charge in [-0.1, -0.05) is 26.0 Å². The van der Waals surface area contributed by atoms with Gasteiger partial charge >= 0.3 is 0 Å². The first-order valence-corrected chi connectivity index (χ1v) is 11.8. The van der Waals surface area contributed by atoms with Crippen molar-refractivity contribution in [1.29, 1.82) is 0 Å². The van der Waals surface area contributed by atoms with Gasteiger partial charge in [0.2, 0.25) is 5.91 Å². The zero-order valence-electron chi connectivity index (χ0n) is 18.4. The molecule has 0 radical (unpaired) electrons. The number of nitrogens with zero attached hydrogens (tertiary/aromatic N) is 3. The zero-order chi connectivity index (χ0) is 21.3. The summed E-state index contributed by atoms with van der Waals surface area (Å²) in [5.74, 6) is 0.885. The van der Waals surface area contributed by atoms with Crippen LogP contribution in [0.4, 0.5) is 5.69 Å². The van der Waals surface area contributed by atoms with Crippen LogP contribution in [-0.4, -0.2) is 60.0 Å². The molecule has 1 aromatic heterocycles. The number of hydrogen-bond donors (Lipinski definition) is 1. The summed E-state index contributed by atoms with van der Waals surface area (Å²) >= 11 is 1.69. The van der Waals surface area contributed by atoms with Crippen LogP contribution in [0.15, 0.2) is 29.6 Å². The van der Waals surface area contributed by atoms with Gasteiger partial charge in [-0.2, -0.15) is 0 Å². The molecule has 7 heteroatoms. The van der Waals surface area contributed by atoms with E-state index in [1.165, 1.54) is 0 Å². The molecule has 0 atom stereocenters. The second-order valence-electron chi connectivity index (χ2n) is 7.77. The maximum atomic E-state index is 12.9. The van der Waals surface area contributed by atoms with E-state index >= 15 is 0 Å². The van der Waals surface area contributed by atoms with Crippen molar-refractivity contribution in [3.05, 3.63) is 40.3 Å². The van der Waals surface area contributed by atoms with Crippen LogP contribution in [0.2, 0.25) is 0 Å². The number of anilines is 1. The summed E-state index contributed by atoms with van der Waals surface area (Å²) in [6.07, 6.45) is 1.75. The number of carbonyl (C=O) groups is 1. The number of aryl methyl sites for hydroxylation is 1. The summed E-state index contributed by atoms with van der Waals surface area (Å²) in [6, 6.07) is 7.73. The Morgan fingerprint density at radius 3 is 2.67 bits per heavy atom. The topological polar surface area (TPSA) is 57.7 Å². The van der Waals surface area contributed by atoms with Gasteiger partial charge in [0.1, 0.15) is 12.4 Å². The van der Waals surface area contributed by atoms with Gasteiger partial charge in [-0.25, -0.2) is 4.98 Å². The van der Waals surface area contributed by atoms with Crippen LogP contribution in [0.1, 0.15) is 37.4 Å². The molecule has 0 unspecified atom stereocenters. The molecule has 1 aliphatic heterocycles. The highest BCUT2D eigenvalue weighted by atomic mass is 32.1. The number of rotatable bonds is 10. The number of benzene rings is 1. The van der Waals surface area contributed by atoms with E-state index in [0.717, 1.165) is 74.2 Å². The molecule has 0 saturated carbocycles. The number of thiazole rings is 1. The van der Waals surface area contributed by atoms with E-state index in [1.807, 2.05) is 31.2 Å². The number of carbonyl (C=O) groups excluding carboxylic acids is 1. The molecule has 0 aliphatic carbocycles. The van der Waals surface area contributed by atoms with Gasteiger partial charge in [-0.05, 0) is 58.1 Å². The van der Waals surface area contributed by atoms with Crippen LogP contribution in [-0.2, 0) is 11.3 Å². The third kappa shape index (κ3) is 6.52. The van der Waals surface area contributed by atoms with Gasteiger partial charge in [0.05, 0.1) is 16.4 Å². The Labute approximate surface area is 184 Å².